The number of ether oxygens (including phenoxy) is 1. The lowest BCUT2D eigenvalue weighted by atomic mass is 10.0. The molecule has 0 spiro atoms. The van der Waals surface area contributed by atoms with Crippen molar-refractivity contribution in [1.29, 1.82) is 0 Å². The predicted octanol–water partition coefficient (Wildman–Crippen LogP) is 4.12. The Hall–Kier alpha value is -3.33. The van der Waals surface area contributed by atoms with Crippen LogP contribution in [0.15, 0.2) is 55.4 Å². The van der Waals surface area contributed by atoms with Gasteiger partial charge in [-0.05, 0) is 56.2 Å². The average molecular weight is 439 g/mol. The van der Waals surface area contributed by atoms with Gasteiger partial charge in [0.1, 0.15) is 12.2 Å². The molecule has 1 aromatic carbocycles. The number of aryl methyl sites for hydroxylation is 2. The first-order valence-electron chi connectivity index (χ1n) is 9.75. The number of rotatable bonds is 7. The first-order chi connectivity index (χ1) is 15.0. The van der Waals surface area contributed by atoms with Crippen LogP contribution in [0.3, 0.4) is 0 Å². The van der Waals surface area contributed by atoms with Crippen LogP contribution in [0.4, 0.5) is 0 Å². The van der Waals surface area contributed by atoms with E-state index in [1.807, 2.05) is 43.5 Å². The van der Waals surface area contributed by atoms with Crippen LogP contribution < -0.4 is 5.63 Å². The van der Waals surface area contributed by atoms with Crippen LogP contribution in [0.1, 0.15) is 23.6 Å². The van der Waals surface area contributed by atoms with Crippen molar-refractivity contribution in [2.24, 2.45) is 0 Å². The van der Waals surface area contributed by atoms with E-state index < -0.39 is 11.6 Å². The molecule has 4 rings (SSSR count). The van der Waals surface area contributed by atoms with Crippen LogP contribution in [0.25, 0.3) is 22.6 Å². The van der Waals surface area contributed by atoms with E-state index in [4.69, 9.17) is 13.6 Å². The molecule has 0 amide bonds. The van der Waals surface area contributed by atoms with Crippen LogP contribution in [0, 0.1) is 13.8 Å². The molecule has 4 aromatic rings. The highest BCUT2D eigenvalue weighted by Gasteiger charge is 2.17. The number of furan rings is 1. The molecule has 0 fully saturated rings. The molecule has 0 radical (unpaired) electrons. The highest BCUT2D eigenvalue weighted by atomic mass is 32.2. The van der Waals surface area contributed by atoms with Gasteiger partial charge in [-0.2, -0.15) is 0 Å². The Kier molecular flexibility index (Phi) is 5.94. The maximum Gasteiger partial charge on any atom is 0.336 e. The molecule has 31 heavy (non-hydrogen) atoms. The minimum Gasteiger partial charge on any atom is -0.461 e. The van der Waals surface area contributed by atoms with E-state index in [9.17, 15) is 9.59 Å². The van der Waals surface area contributed by atoms with E-state index in [1.165, 1.54) is 17.8 Å². The molecule has 0 bridgehead atoms. The fourth-order valence-corrected chi connectivity index (χ4v) is 3.99. The lowest BCUT2D eigenvalue weighted by Gasteiger charge is -2.09. The Morgan fingerprint density at radius 1 is 1.19 bits per heavy atom. The van der Waals surface area contributed by atoms with E-state index >= 15 is 0 Å². The van der Waals surface area contributed by atoms with Crippen molar-refractivity contribution in [2.75, 3.05) is 5.75 Å². The van der Waals surface area contributed by atoms with Gasteiger partial charge in [-0.15, -0.1) is 10.2 Å². The minimum absolute atomic E-state index is 0.0118. The summed E-state index contributed by atoms with van der Waals surface area (Å²) < 4.78 is 18.0. The number of benzene rings is 1. The monoisotopic (exact) mass is 439 g/mol. The smallest absolute Gasteiger partial charge is 0.336 e. The number of esters is 1. The normalized spacial score (nSPS) is 11.2. The first-order valence-corrected chi connectivity index (χ1v) is 10.7. The third-order valence-corrected chi connectivity index (χ3v) is 5.87. The van der Waals surface area contributed by atoms with Gasteiger partial charge in [0.15, 0.2) is 16.7 Å². The van der Waals surface area contributed by atoms with Gasteiger partial charge in [-0.3, -0.25) is 9.36 Å². The van der Waals surface area contributed by atoms with Gasteiger partial charge >= 0.3 is 11.6 Å². The molecule has 9 heteroatoms. The minimum atomic E-state index is -0.474. The van der Waals surface area contributed by atoms with Crippen LogP contribution >= 0.6 is 11.8 Å². The number of carbonyl (C=O) groups excluding carboxylic acids is 1. The Bertz CT molecular complexity index is 1290. The molecular weight excluding hydrogens is 418 g/mol. The second-order valence-corrected chi connectivity index (χ2v) is 7.94. The molecule has 3 aromatic heterocycles. The van der Waals surface area contributed by atoms with Crippen LogP contribution in [-0.4, -0.2) is 26.5 Å². The molecule has 0 aliphatic carbocycles. The second kappa shape index (κ2) is 8.81. The number of carbonyl (C=O) groups is 1. The molecule has 160 valence electrons. The average Bonchev–Trinajstić information content (AvgIpc) is 3.41. The highest BCUT2D eigenvalue weighted by molar-refractivity contribution is 7.99. The van der Waals surface area contributed by atoms with E-state index in [0.29, 0.717) is 34.4 Å². The number of hydrogen-bond acceptors (Lipinski definition) is 8. The van der Waals surface area contributed by atoms with Crippen molar-refractivity contribution < 1.29 is 18.4 Å². The van der Waals surface area contributed by atoms with Crippen LogP contribution in [0.2, 0.25) is 0 Å². The standard InChI is InChI=1S/C22H21N3O5S/c1-4-25-21(17-6-5-7-28-17)23-24-22(25)31-12-20(27)29-11-15-10-19(26)30-18-9-14(3)13(2)8-16(15)18/h5-10H,4,11-12H2,1-3H3. The van der Waals surface area contributed by atoms with E-state index in [2.05, 4.69) is 10.2 Å². The molecule has 0 saturated carbocycles. The van der Waals surface area contributed by atoms with Gasteiger partial charge in [0.25, 0.3) is 0 Å². The summed E-state index contributed by atoms with van der Waals surface area (Å²) in [6, 6.07) is 8.71. The lowest BCUT2D eigenvalue weighted by molar-refractivity contribution is -0.141. The quantitative estimate of drug-likeness (QED) is 0.241. The molecule has 3 heterocycles. The third-order valence-electron chi connectivity index (χ3n) is 4.93. The predicted molar refractivity (Wildman–Crippen MR) is 116 cm³/mol. The summed E-state index contributed by atoms with van der Waals surface area (Å²) in [5.41, 5.74) is 2.71. The molecule has 0 saturated heterocycles. The molecule has 0 aliphatic rings. The number of nitrogens with zero attached hydrogens (tertiary/aromatic N) is 3. The molecule has 0 unspecified atom stereocenters. The van der Waals surface area contributed by atoms with Crippen LogP contribution in [0.5, 0.6) is 0 Å². The number of fused-ring (bicyclic) bond motifs is 1. The zero-order valence-corrected chi connectivity index (χ0v) is 18.2. The molecule has 0 aliphatic heterocycles. The van der Waals surface area contributed by atoms with Gasteiger partial charge in [0.2, 0.25) is 0 Å². The maximum absolute atomic E-state index is 12.3. The summed E-state index contributed by atoms with van der Waals surface area (Å²) in [7, 11) is 0. The van der Waals surface area contributed by atoms with Crippen molar-refractivity contribution in [3.8, 4) is 11.6 Å². The summed E-state index contributed by atoms with van der Waals surface area (Å²) in [5.74, 6) is 0.870. The fraction of sp³-hybridized carbons (Fsp3) is 0.273. The van der Waals surface area contributed by atoms with Gasteiger partial charge in [-0.1, -0.05) is 11.8 Å². The molecule has 0 atom stereocenters. The Labute approximate surface area is 182 Å². The topological polar surface area (TPSA) is 100 Å². The summed E-state index contributed by atoms with van der Waals surface area (Å²) in [4.78, 5) is 24.2. The Balaban J connectivity index is 1.44. The summed E-state index contributed by atoms with van der Waals surface area (Å²) in [5, 5.41) is 9.68. The lowest BCUT2D eigenvalue weighted by Crippen LogP contribution is -2.10. The summed E-state index contributed by atoms with van der Waals surface area (Å²) in [6.07, 6.45) is 1.57. The molecule has 0 N–H and O–H groups in total. The molecular formula is C22H21N3O5S. The van der Waals surface area contributed by atoms with Crippen molar-refractivity contribution >= 4 is 28.7 Å². The van der Waals surface area contributed by atoms with Crippen molar-refractivity contribution in [3.63, 3.8) is 0 Å². The summed E-state index contributed by atoms with van der Waals surface area (Å²) >= 11 is 1.24. The number of hydrogen-bond donors (Lipinski definition) is 0. The largest absolute Gasteiger partial charge is 0.461 e. The van der Waals surface area contributed by atoms with Gasteiger partial charge in [0.05, 0.1) is 12.0 Å². The van der Waals surface area contributed by atoms with Gasteiger partial charge in [-0.25, -0.2) is 4.79 Å². The second-order valence-electron chi connectivity index (χ2n) is 7.00. The van der Waals surface area contributed by atoms with Gasteiger partial charge in [0, 0.05) is 23.6 Å². The zero-order valence-electron chi connectivity index (χ0n) is 17.4. The number of aromatic nitrogens is 3. The van der Waals surface area contributed by atoms with Crippen molar-refractivity contribution in [1.82, 2.24) is 14.8 Å². The van der Waals surface area contributed by atoms with Crippen molar-refractivity contribution in [2.45, 2.75) is 39.1 Å². The van der Waals surface area contributed by atoms with Crippen molar-refractivity contribution in [3.05, 3.63) is 63.7 Å². The van der Waals surface area contributed by atoms with E-state index in [-0.39, 0.29) is 12.4 Å². The van der Waals surface area contributed by atoms with E-state index in [1.54, 1.807) is 12.3 Å². The van der Waals surface area contributed by atoms with Crippen LogP contribution in [-0.2, 0) is 22.7 Å². The first kappa shape index (κ1) is 20.9. The molecule has 8 nitrogen and oxygen atoms in total. The Morgan fingerprint density at radius 2 is 2.00 bits per heavy atom. The summed E-state index contributed by atoms with van der Waals surface area (Å²) in [6.45, 7) is 6.51. The Morgan fingerprint density at radius 3 is 2.74 bits per heavy atom. The van der Waals surface area contributed by atoms with E-state index in [0.717, 1.165) is 16.5 Å². The zero-order chi connectivity index (χ0) is 22.0. The maximum atomic E-state index is 12.3. The fourth-order valence-electron chi connectivity index (χ4n) is 3.19. The number of thioether (sulfide) groups is 1. The third kappa shape index (κ3) is 4.41. The SMILES string of the molecule is CCn1c(SCC(=O)OCc2cc(=O)oc3cc(C)c(C)cc23)nnc1-c1ccco1. The van der Waals surface area contributed by atoms with Gasteiger partial charge < -0.3 is 13.6 Å². The highest BCUT2D eigenvalue weighted by Crippen LogP contribution is 2.25.